The van der Waals surface area contributed by atoms with Gasteiger partial charge in [-0.1, -0.05) is 12.1 Å². The van der Waals surface area contributed by atoms with Crippen LogP contribution in [0.1, 0.15) is 5.56 Å². The molecule has 3 rings (SSSR count). The number of benzene rings is 2. The third-order valence-corrected chi connectivity index (χ3v) is 4.11. The van der Waals surface area contributed by atoms with Crippen molar-refractivity contribution in [2.75, 3.05) is 11.1 Å². The van der Waals surface area contributed by atoms with E-state index in [4.69, 9.17) is 5.73 Å². The number of aromatic nitrogens is 3. The van der Waals surface area contributed by atoms with Gasteiger partial charge in [0.25, 0.3) is 0 Å². The fraction of sp³-hybridized carbons (Fsp3) is 0.0667. The lowest BCUT2D eigenvalue weighted by Gasteiger charge is -2.17. The summed E-state index contributed by atoms with van der Waals surface area (Å²) in [6.45, 7) is 0. The Bertz CT molecular complexity index is 1020. The van der Waals surface area contributed by atoms with E-state index in [1.165, 1.54) is 18.2 Å². The van der Waals surface area contributed by atoms with Crippen molar-refractivity contribution in [3.8, 4) is 11.1 Å². The molecule has 1 atom stereocenters. The molecule has 7 nitrogen and oxygen atoms in total. The number of nitrogens with zero attached hydrogens (tertiary/aromatic N) is 2. The Labute approximate surface area is 151 Å². The van der Waals surface area contributed by atoms with Crippen LogP contribution in [0.3, 0.4) is 0 Å². The number of H-pyrrole nitrogens is 1. The molecule has 0 saturated heterocycles. The second-order valence-electron chi connectivity index (χ2n) is 5.31. The number of hydrogen-bond donors (Lipinski definition) is 3. The molecule has 1 unspecified atom stereocenters. The molecule has 0 aliphatic heterocycles. The fourth-order valence-corrected chi connectivity index (χ4v) is 2.82. The molecule has 27 heavy (non-hydrogen) atoms. The Morgan fingerprint density at radius 1 is 1.22 bits per heavy atom. The van der Waals surface area contributed by atoms with E-state index in [1.54, 1.807) is 0 Å². The van der Waals surface area contributed by atoms with Crippen LogP contribution in [0.5, 0.6) is 0 Å². The van der Waals surface area contributed by atoms with Gasteiger partial charge in [0, 0.05) is 16.1 Å². The SMILES string of the molecule is Nc1nc(Nc2cc(F)c(-c3cccc(S(=O)[O-])c3)c(C(F)(F)F)c2)n[nH]1. The summed E-state index contributed by atoms with van der Waals surface area (Å²) in [5.74, 6) is -1.42. The van der Waals surface area contributed by atoms with E-state index in [0.29, 0.717) is 6.07 Å². The van der Waals surface area contributed by atoms with Crippen molar-refractivity contribution >= 4 is 28.7 Å². The number of nitrogens with two attached hydrogens (primary N) is 1. The van der Waals surface area contributed by atoms with E-state index in [9.17, 15) is 26.3 Å². The van der Waals surface area contributed by atoms with Crippen LogP contribution in [0.15, 0.2) is 41.3 Å². The van der Waals surface area contributed by atoms with Crippen LogP contribution in [0.4, 0.5) is 35.1 Å². The second-order valence-corrected chi connectivity index (χ2v) is 6.25. The molecule has 2 aromatic carbocycles. The quantitative estimate of drug-likeness (QED) is 0.457. The normalized spacial score (nSPS) is 12.8. The maximum Gasteiger partial charge on any atom is 0.417 e. The van der Waals surface area contributed by atoms with Gasteiger partial charge in [0.05, 0.1) is 5.56 Å². The molecule has 0 aliphatic carbocycles. The summed E-state index contributed by atoms with van der Waals surface area (Å²) in [7, 11) is 0. The van der Waals surface area contributed by atoms with Gasteiger partial charge in [-0.3, -0.25) is 4.21 Å². The first kappa shape index (κ1) is 18.8. The number of hydrogen-bond acceptors (Lipinski definition) is 6. The number of nitrogens with one attached hydrogen (secondary N) is 2. The lowest BCUT2D eigenvalue weighted by Crippen LogP contribution is -2.10. The molecule has 1 heterocycles. The van der Waals surface area contributed by atoms with E-state index in [1.807, 2.05) is 0 Å². The minimum atomic E-state index is -4.90. The number of nitrogen functional groups attached to an aromatic ring is 1. The van der Waals surface area contributed by atoms with E-state index < -0.39 is 34.2 Å². The van der Waals surface area contributed by atoms with Crippen molar-refractivity contribution in [3.63, 3.8) is 0 Å². The molecule has 0 aliphatic rings. The molecule has 142 valence electrons. The number of halogens is 4. The Hall–Kier alpha value is -2.99. The predicted molar refractivity (Wildman–Crippen MR) is 88.1 cm³/mol. The molecular formula is C15H10F4N5O2S-. The van der Waals surface area contributed by atoms with Gasteiger partial charge in [-0.05, 0) is 40.9 Å². The van der Waals surface area contributed by atoms with Gasteiger partial charge in [-0.25, -0.2) is 9.49 Å². The van der Waals surface area contributed by atoms with Crippen molar-refractivity contribution in [2.45, 2.75) is 11.1 Å². The molecule has 0 fully saturated rings. The zero-order chi connectivity index (χ0) is 19.8. The highest BCUT2D eigenvalue weighted by molar-refractivity contribution is 7.79. The van der Waals surface area contributed by atoms with Gasteiger partial charge in [0.2, 0.25) is 11.9 Å². The van der Waals surface area contributed by atoms with Gasteiger partial charge in [-0.2, -0.15) is 18.2 Å². The average molecular weight is 400 g/mol. The molecule has 1 aromatic heterocycles. The maximum atomic E-state index is 14.6. The summed E-state index contributed by atoms with van der Waals surface area (Å²) in [5, 5.41) is 8.30. The number of rotatable bonds is 4. The molecule has 0 amide bonds. The first-order valence-corrected chi connectivity index (χ1v) is 8.28. The first-order valence-electron chi connectivity index (χ1n) is 7.20. The van der Waals surface area contributed by atoms with E-state index in [0.717, 1.165) is 12.1 Å². The summed E-state index contributed by atoms with van der Waals surface area (Å²) in [4.78, 5) is 3.40. The van der Waals surface area contributed by atoms with Crippen LogP contribution in [0.25, 0.3) is 11.1 Å². The number of aromatic amines is 1. The third-order valence-electron chi connectivity index (χ3n) is 3.47. The van der Waals surface area contributed by atoms with Crippen LogP contribution in [0.2, 0.25) is 0 Å². The minimum absolute atomic E-state index is 0.0759. The molecule has 4 N–H and O–H groups in total. The summed E-state index contributed by atoms with van der Waals surface area (Å²) in [5.41, 5.74) is 2.78. The standard InChI is InChI=1S/C15H11F4N5O2S/c16-11-6-8(21-14-22-13(20)23-24-14)5-10(15(17,18)19)12(11)7-2-1-3-9(4-7)27(25)26/h1-6H,(H,25,26)(H4,20,21,22,23,24)/p-1. The van der Waals surface area contributed by atoms with Crippen molar-refractivity contribution < 1.29 is 26.3 Å². The fourth-order valence-electron chi connectivity index (χ4n) is 2.41. The summed E-state index contributed by atoms with van der Waals surface area (Å²) < 4.78 is 77.3. The van der Waals surface area contributed by atoms with Crippen molar-refractivity contribution in [3.05, 3.63) is 47.8 Å². The van der Waals surface area contributed by atoms with Gasteiger partial charge in [0.1, 0.15) is 5.82 Å². The highest BCUT2D eigenvalue weighted by Gasteiger charge is 2.36. The molecule has 12 heteroatoms. The topological polar surface area (TPSA) is 120 Å². The minimum Gasteiger partial charge on any atom is -0.768 e. The summed E-state index contributed by atoms with van der Waals surface area (Å²) in [6, 6.07) is 6.04. The van der Waals surface area contributed by atoms with Crippen LogP contribution in [0, 0.1) is 5.82 Å². The van der Waals surface area contributed by atoms with Crippen LogP contribution in [-0.2, 0) is 17.3 Å². The lowest BCUT2D eigenvalue weighted by molar-refractivity contribution is -0.137. The van der Waals surface area contributed by atoms with E-state index in [2.05, 4.69) is 20.5 Å². The Balaban J connectivity index is 2.13. The van der Waals surface area contributed by atoms with Gasteiger partial charge >= 0.3 is 6.18 Å². The monoisotopic (exact) mass is 400 g/mol. The summed E-state index contributed by atoms with van der Waals surface area (Å²) >= 11 is -2.67. The van der Waals surface area contributed by atoms with Crippen molar-refractivity contribution in [1.29, 1.82) is 0 Å². The van der Waals surface area contributed by atoms with Gasteiger partial charge in [-0.15, -0.1) is 5.10 Å². The second kappa shape index (κ2) is 6.96. The van der Waals surface area contributed by atoms with Gasteiger partial charge < -0.3 is 15.6 Å². The zero-order valence-corrected chi connectivity index (χ0v) is 14.0. The Morgan fingerprint density at radius 3 is 2.56 bits per heavy atom. The van der Waals surface area contributed by atoms with Gasteiger partial charge in [0.15, 0.2) is 0 Å². The highest BCUT2D eigenvalue weighted by Crippen LogP contribution is 2.41. The Kier molecular flexibility index (Phi) is 4.85. The zero-order valence-electron chi connectivity index (χ0n) is 13.2. The molecule has 0 radical (unpaired) electrons. The number of alkyl halides is 3. The van der Waals surface area contributed by atoms with Crippen LogP contribution < -0.4 is 11.1 Å². The molecular weight excluding hydrogens is 390 g/mol. The van der Waals surface area contributed by atoms with E-state index in [-0.39, 0.29) is 28.0 Å². The summed E-state index contributed by atoms with van der Waals surface area (Å²) in [6.07, 6.45) is -4.90. The highest BCUT2D eigenvalue weighted by atomic mass is 32.2. The van der Waals surface area contributed by atoms with Crippen molar-refractivity contribution in [1.82, 2.24) is 15.2 Å². The van der Waals surface area contributed by atoms with E-state index >= 15 is 0 Å². The Morgan fingerprint density at radius 2 is 1.96 bits per heavy atom. The molecule has 3 aromatic rings. The molecule has 0 spiro atoms. The lowest BCUT2D eigenvalue weighted by atomic mass is 9.98. The smallest absolute Gasteiger partial charge is 0.417 e. The van der Waals surface area contributed by atoms with Crippen molar-refractivity contribution in [2.24, 2.45) is 0 Å². The van der Waals surface area contributed by atoms with Crippen LogP contribution in [-0.4, -0.2) is 23.9 Å². The first-order chi connectivity index (χ1) is 12.6. The molecule has 0 bridgehead atoms. The van der Waals surface area contributed by atoms with Crippen LogP contribution >= 0.6 is 0 Å². The predicted octanol–water partition coefficient (Wildman–Crippen LogP) is 3.19. The third kappa shape index (κ3) is 4.06. The molecule has 0 saturated carbocycles. The average Bonchev–Trinajstić information content (AvgIpc) is 2.98. The number of anilines is 3. The largest absolute Gasteiger partial charge is 0.768 e. The maximum absolute atomic E-state index is 14.6.